The van der Waals surface area contributed by atoms with Gasteiger partial charge in [0.1, 0.15) is 0 Å². The Balaban J connectivity index is 2.01. The van der Waals surface area contributed by atoms with Gasteiger partial charge in [-0.05, 0) is 44.2 Å². The molecular weight excluding hydrogens is 254 g/mol. The van der Waals surface area contributed by atoms with E-state index in [-0.39, 0.29) is 5.91 Å². The Kier molecular flexibility index (Phi) is 2.87. The summed E-state index contributed by atoms with van der Waals surface area (Å²) in [5.74, 6) is 0.720. The van der Waals surface area contributed by atoms with E-state index in [9.17, 15) is 4.79 Å². The normalized spacial score (nSPS) is 16.1. The van der Waals surface area contributed by atoms with Gasteiger partial charge in [-0.25, -0.2) is 0 Å². The van der Waals surface area contributed by atoms with Gasteiger partial charge in [0.15, 0.2) is 5.76 Å². The lowest BCUT2D eigenvalue weighted by atomic mass is 9.85. The summed E-state index contributed by atoms with van der Waals surface area (Å²) in [5.41, 5.74) is 8.60. The van der Waals surface area contributed by atoms with E-state index >= 15 is 0 Å². The number of anilines is 1. The zero-order chi connectivity index (χ0) is 14.3. The van der Waals surface area contributed by atoms with Crippen molar-refractivity contribution in [3.63, 3.8) is 0 Å². The van der Waals surface area contributed by atoms with Crippen LogP contribution >= 0.6 is 0 Å². The van der Waals surface area contributed by atoms with Crippen molar-refractivity contribution in [3.05, 3.63) is 35.5 Å². The van der Waals surface area contributed by atoms with E-state index in [1.165, 1.54) is 0 Å². The van der Waals surface area contributed by atoms with Gasteiger partial charge in [0, 0.05) is 23.7 Å². The predicted octanol–water partition coefficient (Wildman–Crippen LogP) is 2.07. The van der Waals surface area contributed by atoms with Crippen LogP contribution in [0.3, 0.4) is 0 Å². The number of hydrogen-bond acceptors (Lipinski definition) is 4. The first kappa shape index (κ1) is 12.9. The van der Waals surface area contributed by atoms with E-state index in [1.807, 2.05) is 38.1 Å². The van der Waals surface area contributed by atoms with Crippen LogP contribution < -0.4 is 11.1 Å². The number of nitrogens with two attached hydrogens (primary N) is 1. The lowest BCUT2D eigenvalue weighted by molar-refractivity contribution is -0.119. The van der Waals surface area contributed by atoms with Gasteiger partial charge < -0.3 is 15.6 Å². The van der Waals surface area contributed by atoms with Crippen molar-refractivity contribution in [3.8, 4) is 11.3 Å². The Morgan fingerprint density at radius 2 is 2.15 bits per heavy atom. The number of hydrogen-bond donors (Lipinski definition) is 2. The highest BCUT2D eigenvalue weighted by molar-refractivity contribution is 6.06. The number of aromatic nitrogens is 1. The second-order valence-electron chi connectivity index (χ2n) is 5.56. The fourth-order valence-corrected chi connectivity index (χ4v) is 2.44. The molecule has 0 spiro atoms. The third kappa shape index (κ3) is 1.91. The van der Waals surface area contributed by atoms with Crippen molar-refractivity contribution in [2.24, 2.45) is 5.73 Å². The molecule has 0 atom stereocenters. The van der Waals surface area contributed by atoms with E-state index in [2.05, 4.69) is 10.5 Å². The van der Waals surface area contributed by atoms with Crippen molar-refractivity contribution in [1.82, 2.24) is 5.16 Å². The molecule has 104 valence electrons. The summed E-state index contributed by atoms with van der Waals surface area (Å²) < 4.78 is 5.35. The SMILES string of the molecule is CC1(C)C(=O)Nc2ccc(-c3cc(CCN)no3)cc21. The molecule has 0 unspecified atom stereocenters. The molecule has 2 heterocycles. The number of fused-ring (bicyclic) bond motifs is 1. The van der Waals surface area contributed by atoms with Crippen LogP contribution in [0.25, 0.3) is 11.3 Å². The smallest absolute Gasteiger partial charge is 0.234 e. The summed E-state index contributed by atoms with van der Waals surface area (Å²) in [7, 11) is 0. The van der Waals surface area contributed by atoms with Crippen molar-refractivity contribution in [2.45, 2.75) is 25.7 Å². The number of carbonyl (C=O) groups excluding carboxylic acids is 1. The van der Waals surface area contributed by atoms with Crippen LogP contribution in [-0.2, 0) is 16.6 Å². The first-order valence-corrected chi connectivity index (χ1v) is 6.64. The van der Waals surface area contributed by atoms with Gasteiger partial charge in [-0.1, -0.05) is 5.16 Å². The average Bonchev–Trinajstić information content (AvgIpc) is 2.95. The van der Waals surface area contributed by atoms with Crippen LogP contribution in [0.15, 0.2) is 28.8 Å². The minimum Gasteiger partial charge on any atom is -0.356 e. The van der Waals surface area contributed by atoms with E-state index in [4.69, 9.17) is 10.3 Å². The van der Waals surface area contributed by atoms with E-state index in [0.29, 0.717) is 18.7 Å². The maximum atomic E-state index is 11.9. The van der Waals surface area contributed by atoms with Gasteiger partial charge >= 0.3 is 0 Å². The van der Waals surface area contributed by atoms with Crippen molar-refractivity contribution in [2.75, 3.05) is 11.9 Å². The topological polar surface area (TPSA) is 81.2 Å². The van der Waals surface area contributed by atoms with Crippen LogP contribution in [0, 0.1) is 0 Å². The molecule has 0 saturated heterocycles. The minimum atomic E-state index is -0.522. The van der Waals surface area contributed by atoms with Gasteiger partial charge in [-0.3, -0.25) is 4.79 Å². The molecule has 1 aliphatic rings. The Morgan fingerprint density at radius 1 is 1.35 bits per heavy atom. The molecule has 1 aromatic heterocycles. The lowest BCUT2D eigenvalue weighted by Crippen LogP contribution is -2.26. The fraction of sp³-hybridized carbons (Fsp3) is 0.333. The molecule has 0 saturated carbocycles. The fourth-order valence-electron chi connectivity index (χ4n) is 2.44. The Hall–Kier alpha value is -2.14. The molecule has 1 aromatic carbocycles. The molecule has 0 radical (unpaired) electrons. The molecule has 0 bridgehead atoms. The first-order valence-electron chi connectivity index (χ1n) is 6.64. The monoisotopic (exact) mass is 271 g/mol. The third-order valence-corrected chi connectivity index (χ3v) is 3.75. The highest BCUT2D eigenvalue weighted by atomic mass is 16.5. The van der Waals surface area contributed by atoms with E-state index in [1.54, 1.807) is 0 Å². The highest BCUT2D eigenvalue weighted by Crippen LogP contribution is 2.39. The Bertz CT molecular complexity index is 674. The van der Waals surface area contributed by atoms with Gasteiger partial charge in [0.05, 0.1) is 11.1 Å². The molecule has 5 nitrogen and oxygen atoms in total. The van der Waals surface area contributed by atoms with Crippen LogP contribution in [-0.4, -0.2) is 17.6 Å². The number of amides is 1. The molecule has 0 aliphatic carbocycles. The summed E-state index contributed by atoms with van der Waals surface area (Å²) >= 11 is 0. The second-order valence-corrected chi connectivity index (χ2v) is 5.56. The van der Waals surface area contributed by atoms with Gasteiger partial charge in [0.25, 0.3) is 0 Å². The van der Waals surface area contributed by atoms with Crippen molar-refractivity contribution in [1.29, 1.82) is 0 Å². The highest BCUT2D eigenvalue weighted by Gasteiger charge is 2.38. The number of rotatable bonds is 3. The van der Waals surface area contributed by atoms with E-state index < -0.39 is 5.41 Å². The largest absolute Gasteiger partial charge is 0.356 e. The first-order chi connectivity index (χ1) is 9.52. The number of benzene rings is 1. The zero-order valence-corrected chi connectivity index (χ0v) is 11.6. The number of nitrogens with one attached hydrogen (secondary N) is 1. The second kappa shape index (κ2) is 4.45. The molecule has 3 N–H and O–H groups in total. The lowest BCUT2D eigenvalue weighted by Gasteiger charge is -2.15. The maximum absolute atomic E-state index is 11.9. The van der Waals surface area contributed by atoms with Gasteiger partial charge in [0.2, 0.25) is 5.91 Å². The number of nitrogens with zero attached hydrogens (tertiary/aromatic N) is 1. The minimum absolute atomic E-state index is 0.0195. The van der Waals surface area contributed by atoms with Crippen molar-refractivity contribution < 1.29 is 9.32 Å². The standard InChI is InChI=1S/C15H17N3O2/c1-15(2)11-7-9(3-4-12(11)17-14(15)19)13-8-10(5-6-16)18-20-13/h3-4,7-8H,5-6,16H2,1-2H3,(H,17,19). The molecule has 2 aromatic rings. The Labute approximate surface area is 117 Å². The summed E-state index contributed by atoms with van der Waals surface area (Å²) in [6.45, 7) is 4.37. The van der Waals surface area contributed by atoms with E-state index in [0.717, 1.165) is 22.5 Å². The zero-order valence-electron chi connectivity index (χ0n) is 11.6. The summed E-state index contributed by atoms with van der Waals surface area (Å²) in [5, 5.41) is 6.88. The summed E-state index contributed by atoms with van der Waals surface area (Å²) in [6, 6.07) is 7.71. The summed E-state index contributed by atoms with van der Waals surface area (Å²) in [4.78, 5) is 11.9. The summed E-state index contributed by atoms with van der Waals surface area (Å²) in [6.07, 6.45) is 0.694. The van der Waals surface area contributed by atoms with Crippen LogP contribution in [0.4, 0.5) is 5.69 Å². The third-order valence-electron chi connectivity index (χ3n) is 3.75. The van der Waals surface area contributed by atoms with Gasteiger partial charge in [-0.15, -0.1) is 0 Å². The quantitative estimate of drug-likeness (QED) is 0.895. The number of carbonyl (C=O) groups is 1. The van der Waals surface area contributed by atoms with Gasteiger partial charge in [-0.2, -0.15) is 0 Å². The Morgan fingerprint density at radius 3 is 2.90 bits per heavy atom. The molecule has 3 rings (SSSR count). The molecule has 20 heavy (non-hydrogen) atoms. The van der Waals surface area contributed by atoms with Crippen LogP contribution in [0.1, 0.15) is 25.1 Å². The van der Waals surface area contributed by atoms with Crippen LogP contribution in [0.2, 0.25) is 0 Å². The molecular formula is C15H17N3O2. The maximum Gasteiger partial charge on any atom is 0.234 e. The predicted molar refractivity (Wildman–Crippen MR) is 76.4 cm³/mol. The molecule has 5 heteroatoms. The van der Waals surface area contributed by atoms with Crippen LogP contribution in [0.5, 0.6) is 0 Å². The molecule has 1 aliphatic heterocycles. The molecule has 1 amide bonds. The van der Waals surface area contributed by atoms with Crippen molar-refractivity contribution >= 4 is 11.6 Å². The molecule has 0 fully saturated rings. The average molecular weight is 271 g/mol.